The highest BCUT2D eigenvalue weighted by atomic mass is 32.2. The first-order valence-electron chi connectivity index (χ1n) is 9.73. The SMILES string of the molecule is CN(CCO)S(=O)(=O)c1ccc(C(=NO[C@@H]2CC[C@@H](O)C2)C(=O)Nc2ncc(F)s2)cc1. The van der Waals surface area contributed by atoms with Crippen molar-refractivity contribution in [2.75, 3.05) is 25.5 Å². The third-order valence-electron chi connectivity index (χ3n) is 4.81. The molecule has 1 aliphatic rings. The number of rotatable bonds is 9. The van der Waals surface area contributed by atoms with Crippen molar-refractivity contribution in [2.24, 2.45) is 5.16 Å². The lowest BCUT2D eigenvalue weighted by Gasteiger charge is -2.16. The quantitative estimate of drug-likeness (QED) is 0.357. The number of aliphatic hydroxyl groups excluding tert-OH is 2. The highest BCUT2D eigenvalue weighted by Gasteiger charge is 2.26. The van der Waals surface area contributed by atoms with Gasteiger partial charge in [-0.05, 0) is 25.0 Å². The monoisotopic (exact) mass is 486 g/mol. The Kier molecular flexibility index (Phi) is 7.90. The number of sulfonamides is 1. The van der Waals surface area contributed by atoms with Gasteiger partial charge in [-0.2, -0.15) is 8.70 Å². The number of halogens is 1. The Morgan fingerprint density at radius 2 is 2.09 bits per heavy atom. The Balaban J connectivity index is 1.85. The van der Waals surface area contributed by atoms with E-state index in [0.717, 1.165) is 10.5 Å². The van der Waals surface area contributed by atoms with E-state index >= 15 is 0 Å². The average molecular weight is 487 g/mol. The van der Waals surface area contributed by atoms with E-state index in [-0.39, 0.29) is 40.6 Å². The molecule has 3 rings (SSSR count). The minimum atomic E-state index is -3.82. The van der Waals surface area contributed by atoms with Crippen LogP contribution in [0.3, 0.4) is 0 Å². The Labute approximate surface area is 188 Å². The number of anilines is 1. The van der Waals surface area contributed by atoms with Gasteiger partial charge in [0.15, 0.2) is 16.0 Å². The highest BCUT2D eigenvalue weighted by Crippen LogP contribution is 2.23. The molecule has 1 fully saturated rings. The van der Waals surface area contributed by atoms with Gasteiger partial charge in [-0.15, -0.1) is 0 Å². The van der Waals surface area contributed by atoms with Gasteiger partial charge in [0.2, 0.25) is 10.0 Å². The molecule has 0 unspecified atom stereocenters. The summed E-state index contributed by atoms with van der Waals surface area (Å²) in [5.74, 6) is -0.717. The second-order valence-corrected chi connectivity index (χ2v) is 10.2. The minimum Gasteiger partial charge on any atom is -0.395 e. The smallest absolute Gasteiger partial charge is 0.280 e. The Morgan fingerprint density at radius 3 is 2.66 bits per heavy atom. The van der Waals surface area contributed by atoms with Gasteiger partial charge in [-0.1, -0.05) is 28.6 Å². The fraction of sp³-hybridized carbons (Fsp3) is 0.421. The first kappa shape index (κ1) is 24.2. The molecule has 2 atom stereocenters. The molecule has 13 heteroatoms. The number of hydrogen-bond donors (Lipinski definition) is 3. The largest absolute Gasteiger partial charge is 0.395 e. The van der Waals surface area contributed by atoms with Crippen LogP contribution >= 0.6 is 11.3 Å². The molecule has 1 amide bonds. The molecule has 0 bridgehead atoms. The lowest BCUT2D eigenvalue weighted by Crippen LogP contribution is -2.29. The number of aliphatic hydroxyl groups is 2. The predicted octanol–water partition coefficient (Wildman–Crippen LogP) is 1.17. The van der Waals surface area contributed by atoms with Crippen LogP contribution in [0.15, 0.2) is 40.5 Å². The molecule has 0 aliphatic heterocycles. The van der Waals surface area contributed by atoms with E-state index in [1.807, 2.05) is 0 Å². The van der Waals surface area contributed by atoms with E-state index in [1.54, 1.807) is 0 Å². The van der Waals surface area contributed by atoms with E-state index < -0.39 is 27.2 Å². The van der Waals surface area contributed by atoms with Crippen LogP contribution in [-0.2, 0) is 19.7 Å². The first-order chi connectivity index (χ1) is 15.2. The molecule has 1 heterocycles. The summed E-state index contributed by atoms with van der Waals surface area (Å²) in [6.45, 7) is -0.389. The fourth-order valence-electron chi connectivity index (χ4n) is 3.06. The molecular weight excluding hydrogens is 463 g/mol. The molecule has 32 heavy (non-hydrogen) atoms. The van der Waals surface area contributed by atoms with Gasteiger partial charge in [0, 0.05) is 25.6 Å². The van der Waals surface area contributed by atoms with E-state index in [0.29, 0.717) is 30.6 Å². The minimum absolute atomic E-state index is 0.0289. The van der Waals surface area contributed by atoms with Crippen molar-refractivity contribution in [1.29, 1.82) is 0 Å². The summed E-state index contributed by atoms with van der Waals surface area (Å²) < 4.78 is 39.3. The lowest BCUT2D eigenvalue weighted by molar-refractivity contribution is -0.110. The van der Waals surface area contributed by atoms with Crippen molar-refractivity contribution in [3.8, 4) is 0 Å². The third kappa shape index (κ3) is 5.86. The number of carbonyl (C=O) groups is 1. The number of nitrogens with one attached hydrogen (secondary N) is 1. The Morgan fingerprint density at radius 1 is 1.38 bits per heavy atom. The maximum atomic E-state index is 13.2. The molecule has 1 saturated carbocycles. The summed E-state index contributed by atoms with van der Waals surface area (Å²) in [6.07, 6.45) is 1.63. The van der Waals surface area contributed by atoms with Gasteiger partial charge in [-0.3, -0.25) is 10.1 Å². The molecule has 1 aliphatic carbocycles. The van der Waals surface area contributed by atoms with Crippen LogP contribution in [0.2, 0.25) is 0 Å². The zero-order valence-electron chi connectivity index (χ0n) is 17.1. The summed E-state index contributed by atoms with van der Waals surface area (Å²) >= 11 is 0.642. The number of nitrogens with zero attached hydrogens (tertiary/aromatic N) is 3. The van der Waals surface area contributed by atoms with Gasteiger partial charge in [0.25, 0.3) is 5.91 Å². The van der Waals surface area contributed by atoms with Crippen LogP contribution in [-0.4, -0.2) is 71.9 Å². The number of oxime groups is 1. The van der Waals surface area contributed by atoms with Crippen LogP contribution in [0.4, 0.5) is 9.52 Å². The number of hydrogen-bond acceptors (Lipinski definition) is 9. The molecule has 10 nitrogen and oxygen atoms in total. The van der Waals surface area contributed by atoms with Crippen molar-refractivity contribution in [2.45, 2.75) is 36.4 Å². The maximum Gasteiger partial charge on any atom is 0.280 e. The van der Waals surface area contributed by atoms with Crippen molar-refractivity contribution in [3.63, 3.8) is 0 Å². The number of aromatic nitrogens is 1. The predicted molar refractivity (Wildman–Crippen MR) is 115 cm³/mol. The Bertz CT molecular complexity index is 1070. The summed E-state index contributed by atoms with van der Waals surface area (Å²) in [4.78, 5) is 21.9. The van der Waals surface area contributed by atoms with E-state index in [2.05, 4.69) is 15.5 Å². The summed E-state index contributed by atoms with van der Waals surface area (Å²) in [6, 6.07) is 5.41. The Hall–Kier alpha value is -2.45. The number of benzene rings is 1. The lowest BCUT2D eigenvalue weighted by atomic mass is 10.1. The molecule has 0 saturated heterocycles. The van der Waals surface area contributed by atoms with Gasteiger partial charge < -0.3 is 15.1 Å². The molecule has 3 N–H and O–H groups in total. The van der Waals surface area contributed by atoms with Crippen LogP contribution < -0.4 is 5.32 Å². The van der Waals surface area contributed by atoms with Crippen molar-refractivity contribution in [1.82, 2.24) is 9.29 Å². The molecule has 0 spiro atoms. The summed E-state index contributed by atoms with van der Waals surface area (Å²) in [5, 5.41) is 24.5. The normalized spacial score (nSPS) is 19.3. The van der Waals surface area contributed by atoms with Crippen LogP contribution in [0.5, 0.6) is 0 Å². The third-order valence-corrected chi connectivity index (χ3v) is 7.39. The molecule has 1 aromatic heterocycles. The summed E-state index contributed by atoms with van der Waals surface area (Å²) in [5.41, 5.74) is 0.108. The average Bonchev–Trinajstić information content (AvgIpc) is 3.36. The molecule has 174 valence electrons. The van der Waals surface area contributed by atoms with Crippen molar-refractivity contribution in [3.05, 3.63) is 41.2 Å². The number of amides is 1. The zero-order valence-corrected chi connectivity index (χ0v) is 18.8. The second-order valence-electron chi connectivity index (χ2n) is 7.13. The zero-order chi connectivity index (χ0) is 23.3. The molecular formula is C19H23FN4O6S2. The van der Waals surface area contributed by atoms with Crippen LogP contribution in [0.1, 0.15) is 24.8 Å². The maximum absolute atomic E-state index is 13.2. The number of thiazole rings is 1. The first-order valence-corrected chi connectivity index (χ1v) is 12.0. The fourth-order valence-corrected chi connectivity index (χ4v) is 4.76. The van der Waals surface area contributed by atoms with E-state index in [4.69, 9.17) is 9.94 Å². The standard InChI is InChI=1S/C19H23FN4O6S2/c1-24(8-9-25)32(28,29)15-6-2-12(3-7-15)17(23-30-14-5-4-13(26)10-14)18(27)22-19-21-11-16(20)31-19/h2-3,6-7,11,13-14,25-26H,4-5,8-10H2,1H3,(H,21,22,27)/t13-,14-/m1/s1. The van der Waals surface area contributed by atoms with Gasteiger partial charge >= 0.3 is 0 Å². The van der Waals surface area contributed by atoms with Gasteiger partial charge in [0.1, 0.15) is 6.10 Å². The van der Waals surface area contributed by atoms with E-state index in [9.17, 15) is 22.7 Å². The summed E-state index contributed by atoms with van der Waals surface area (Å²) in [7, 11) is -2.47. The van der Waals surface area contributed by atoms with Gasteiger partial charge in [0.05, 0.1) is 23.8 Å². The van der Waals surface area contributed by atoms with Gasteiger partial charge in [-0.25, -0.2) is 13.4 Å². The van der Waals surface area contributed by atoms with Crippen LogP contribution in [0, 0.1) is 5.13 Å². The van der Waals surface area contributed by atoms with E-state index in [1.165, 1.54) is 31.3 Å². The number of likely N-dealkylation sites (N-methyl/N-ethyl adjacent to an activating group) is 1. The highest BCUT2D eigenvalue weighted by molar-refractivity contribution is 7.89. The van der Waals surface area contributed by atoms with Crippen LogP contribution in [0.25, 0.3) is 0 Å². The molecule has 1 aromatic carbocycles. The van der Waals surface area contributed by atoms with Crippen molar-refractivity contribution >= 4 is 38.1 Å². The number of carbonyl (C=O) groups excluding carboxylic acids is 1. The second kappa shape index (κ2) is 10.4. The van der Waals surface area contributed by atoms with Crippen molar-refractivity contribution < 1.29 is 32.7 Å². The topological polar surface area (TPSA) is 141 Å². The molecule has 2 aromatic rings. The molecule has 0 radical (unpaired) electrons.